The van der Waals surface area contributed by atoms with E-state index in [4.69, 9.17) is 23.8 Å². The van der Waals surface area contributed by atoms with Gasteiger partial charge < -0.3 is 8.83 Å². The molecule has 222 valence electrons. The van der Waals surface area contributed by atoms with E-state index >= 15 is 0 Å². The first-order valence-corrected chi connectivity index (χ1v) is 15.9. The Morgan fingerprint density at radius 2 is 0.936 bits per heavy atom. The number of fused-ring (bicyclic) bond motifs is 9. The first-order chi connectivity index (χ1) is 23.0. The van der Waals surface area contributed by atoms with E-state index in [0.717, 1.165) is 60.6 Å². The molecule has 0 radical (unpaired) electrons. The number of hydrogen-bond acceptors (Lipinski definition) is 5. The lowest BCUT2D eigenvalue weighted by Crippen LogP contribution is -2.15. The van der Waals surface area contributed by atoms with Gasteiger partial charge in [-0.3, -0.25) is 0 Å². The fourth-order valence-electron chi connectivity index (χ4n) is 7.31. The average molecular weight is 606 g/mol. The van der Waals surface area contributed by atoms with E-state index in [1.165, 1.54) is 22.3 Å². The van der Waals surface area contributed by atoms with E-state index < -0.39 is 0 Å². The highest BCUT2D eigenvalue weighted by atomic mass is 16.3. The smallest absolute Gasteiger partial charge is 0.164 e. The molecule has 0 bridgehead atoms. The third-order valence-electron chi connectivity index (χ3n) is 9.73. The molecule has 0 unspecified atom stereocenters. The van der Waals surface area contributed by atoms with E-state index in [1.54, 1.807) is 0 Å². The Labute approximate surface area is 270 Å². The lowest BCUT2D eigenvalue weighted by molar-refractivity contribution is 0.647. The van der Waals surface area contributed by atoms with E-state index in [9.17, 15) is 0 Å². The van der Waals surface area contributed by atoms with Crippen molar-refractivity contribution in [1.82, 2.24) is 15.0 Å². The molecule has 3 aromatic heterocycles. The average Bonchev–Trinajstić information content (AvgIpc) is 3.74. The molecule has 0 saturated heterocycles. The molecule has 3 heterocycles. The molecule has 5 heteroatoms. The molecule has 5 nitrogen and oxygen atoms in total. The van der Waals surface area contributed by atoms with Crippen LogP contribution in [0.2, 0.25) is 0 Å². The Kier molecular flexibility index (Phi) is 5.28. The van der Waals surface area contributed by atoms with Crippen LogP contribution in [0.5, 0.6) is 0 Å². The second-order valence-corrected chi connectivity index (χ2v) is 12.9. The van der Waals surface area contributed by atoms with Crippen molar-refractivity contribution in [2.24, 2.45) is 0 Å². The molecule has 1 aliphatic rings. The van der Waals surface area contributed by atoms with Gasteiger partial charge in [0.2, 0.25) is 0 Å². The third-order valence-corrected chi connectivity index (χ3v) is 9.73. The molecule has 0 aliphatic heterocycles. The largest absolute Gasteiger partial charge is 0.456 e. The van der Waals surface area contributed by atoms with E-state index in [2.05, 4.69) is 68.4 Å². The van der Waals surface area contributed by atoms with Crippen molar-refractivity contribution in [2.45, 2.75) is 19.3 Å². The second kappa shape index (κ2) is 9.47. The second-order valence-electron chi connectivity index (χ2n) is 12.9. The minimum atomic E-state index is -0.237. The SMILES string of the molecule is CC1(C)c2cc(-c3nc(-c4ccccc4)nc(-c4ccc5oc6ccccc6c5c4)n3)ccc2-c2cc3c(cc21)oc1ccccc13. The number of furan rings is 2. The zero-order valence-electron chi connectivity index (χ0n) is 25.8. The predicted molar refractivity (Wildman–Crippen MR) is 188 cm³/mol. The molecule has 0 spiro atoms. The molecular formula is C42H27N3O2. The summed E-state index contributed by atoms with van der Waals surface area (Å²) in [6, 6.07) is 43.8. The van der Waals surface area contributed by atoms with Crippen LogP contribution < -0.4 is 0 Å². The highest BCUT2D eigenvalue weighted by molar-refractivity contribution is 6.08. The maximum atomic E-state index is 6.29. The summed E-state index contributed by atoms with van der Waals surface area (Å²) in [5.41, 5.74) is 11.1. The van der Waals surface area contributed by atoms with Gasteiger partial charge in [0.05, 0.1) is 0 Å². The summed E-state index contributed by atoms with van der Waals surface area (Å²) in [4.78, 5) is 15.1. The van der Waals surface area contributed by atoms with Crippen LogP contribution in [0.3, 0.4) is 0 Å². The summed E-state index contributed by atoms with van der Waals surface area (Å²) in [6.07, 6.45) is 0. The summed E-state index contributed by atoms with van der Waals surface area (Å²) in [5, 5.41) is 4.39. The number of para-hydroxylation sites is 2. The molecule has 47 heavy (non-hydrogen) atoms. The number of benzene rings is 6. The highest BCUT2D eigenvalue weighted by Crippen LogP contribution is 2.51. The van der Waals surface area contributed by atoms with Crippen molar-refractivity contribution in [2.75, 3.05) is 0 Å². The van der Waals surface area contributed by atoms with E-state index in [-0.39, 0.29) is 5.41 Å². The zero-order chi connectivity index (χ0) is 31.3. The predicted octanol–water partition coefficient (Wildman–Crippen LogP) is 11.0. The Morgan fingerprint density at radius 3 is 1.66 bits per heavy atom. The number of nitrogens with zero attached hydrogens (tertiary/aromatic N) is 3. The van der Waals surface area contributed by atoms with Crippen molar-refractivity contribution < 1.29 is 8.83 Å². The number of hydrogen-bond donors (Lipinski definition) is 0. The van der Waals surface area contributed by atoms with Crippen molar-refractivity contribution in [3.63, 3.8) is 0 Å². The van der Waals surface area contributed by atoms with Gasteiger partial charge in [0.1, 0.15) is 22.3 Å². The van der Waals surface area contributed by atoms with Crippen LogP contribution in [-0.4, -0.2) is 15.0 Å². The summed E-state index contributed by atoms with van der Waals surface area (Å²) in [5.74, 6) is 1.90. The first-order valence-electron chi connectivity index (χ1n) is 15.9. The topological polar surface area (TPSA) is 65.0 Å². The third kappa shape index (κ3) is 3.86. The van der Waals surface area contributed by atoms with Crippen LogP contribution in [0, 0.1) is 0 Å². The molecule has 0 saturated carbocycles. The van der Waals surface area contributed by atoms with Crippen molar-refractivity contribution >= 4 is 43.9 Å². The standard InChI is InChI=1S/C42H27N3O2/c1-42(2)33-21-26(16-18-27(33)30-22-32-29-13-7-9-15-36(29)47-38(32)23-34(30)42)41-44-39(24-10-4-3-5-11-24)43-40(45-41)25-17-19-37-31(20-25)28-12-6-8-14-35(28)46-37/h3-23H,1-2H3. The van der Waals surface area contributed by atoms with Crippen molar-refractivity contribution in [1.29, 1.82) is 0 Å². The molecule has 1 aliphatic carbocycles. The van der Waals surface area contributed by atoms with Gasteiger partial charge in [0.25, 0.3) is 0 Å². The number of rotatable bonds is 3. The normalized spacial score (nSPS) is 13.5. The fraction of sp³-hybridized carbons (Fsp3) is 0.0714. The quantitative estimate of drug-likeness (QED) is 0.200. The summed E-state index contributed by atoms with van der Waals surface area (Å²) in [7, 11) is 0. The lowest BCUT2D eigenvalue weighted by Gasteiger charge is -2.22. The maximum absolute atomic E-state index is 6.29. The summed E-state index contributed by atoms with van der Waals surface area (Å²) < 4.78 is 12.4. The van der Waals surface area contributed by atoms with Crippen LogP contribution >= 0.6 is 0 Å². The van der Waals surface area contributed by atoms with Crippen molar-refractivity contribution in [3.8, 4) is 45.3 Å². The Balaban J connectivity index is 1.15. The fourth-order valence-corrected chi connectivity index (χ4v) is 7.31. The van der Waals surface area contributed by atoms with Gasteiger partial charge in [-0.1, -0.05) is 92.7 Å². The van der Waals surface area contributed by atoms with E-state index in [1.807, 2.05) is 72.8 Å². The molecule has 6 aromatic carbocycles. The van der Waals surface area contributed by atoms with Gasteiger partial charge in [0.15, 0.2) is 17.5 Å². The minimum absolute atomic E-state index is 0.237. The van der Waals surface area contributed by atoms with Gasteiger partial charge >= 0.3 is 0 Å². The summed E-state index contributed by atoms with van der Waals surface area (Å²) >= 11 is 0. The van der Waals surface area contributed by atoms with Gasteiger partial charge in [-0.2, -0.15) is 0 Å². The summed E-state index contributed by atoms with van der Waals surface area (Å²) in [6.45, 7) is 4.57. The minimum Gasteiger partial charge on any atom is -0.456 e. The van der Waals surface area contributed by atoms with Crippen LogP contribution in [0.1, 0.15) is 25.0 Å². The molecule has 0 atom stereocenters. The van der Waals surface area contributed by atoms with Crippen LogP contribution in [-0.2, 0) is 5.41 Å². The van der Waals surface area contributed by atoms with E-state index in [0.29, 0.717) is 17.5 Å². The molecule has 9 aromatic rings. The molecule has 0 amide bonds. The van der Waals surface area contributed by atoms with Crippen LogP contribution in [0.15, 0.2) is 136 Å². The lowest BCUT2D eigenvalue weighted by atomic mass is 9.82. The first kappa shape index (κ1) is 26.2. The monoisotopic (exact) mass is 605 g/mol. The highest BCUT2D eigenvalue weighted by Gasteiger charge is 2.37. The Hall–Kier alpha value is -6.07. The van der Waals surface area contributed by atoms with Crippen LogP contribution in [0.4, 0.5) is 0 Å². The number of aromatic nitrogens is 3. The Bertz CT molecular complexity index is 2720. The maximum Gasteiger partial charge on any atom is 0.164 e. The van der Waals surface area contributed by atoms with Gasteiger partial charge in [-0.15, -0.1) is 0 Å². The molecule has 0 fully saturated rings. The molecule has 10 rings (SSSR count). The van der Waals surface area contributed by atoms with Gasteiger partial charge in [0, 0.05) is 43.7 Å². The van der Waals surface area contributed by atoms with Crippen molar-refractivity contribution in [3.05, 3.63) is 139 Å². The van der Waals surface area contributed by atoms with Crippen LogP contribution in [0.25, 0.3) is 89.2 Å². The molecule has 0 N–H and O–H groups in total. The van der Waals surface area contributed by atoms with Gasteiger partial charge in [-0.05, 0) is 70.8 Å². The van der Waals surface area contributed by atoms with Gasteiger partial charge in [-0.25, -0.2) is 15.0 Å². The molecular weight excluding hydrogens is 578 g/mol. The Morgan fingerprint density at radius 1 is 0.404 bits per heavy atom. The zero-order valence-corrected chi connectivity index (χ0v) is 25.8.